The van der Waals surface area contributed by atoms with Crippen molar-refractivity contribution in [2.45, 2.75) is 91.3 Å². The molecule has 1 N–H and O–H groups in total. The number of benzene rings is 1. The molecule has 0 spiro atoms. The van der Waals surface area contributed by atoms with E-state index >= 15 is 0 Å². The number of aryl methyl sites for hydroxylation is 2. The molecule has 1 saturated heterocycles. The van der Waals surface area contributed by atoms with Crippen LogP contribution in [0.4, 0.5) is 0 Å². The molecule has 3 nitrogen and oxygen atoms in total. The van der Waals surface area contributed by atoms with Gasteiger partial charge in [0.15, 0.2) is 0 Å². The molecule has 0 unspecified atom stereocenters. The molecule has 0 radical (unpaired) electrons. The van der Waals surface area contributed by atoms with Crippen LogP contribution in [0.1, 0.15) is 81.8 Å². The molecule has 1 amide bonds. The van der Waals surface area contributed by atoms with E-state index in [0.29, 0.717) is 0 Å². The first-order valence-electron chi connectivity index (χ1n) is 9.72. The van der Waals surface area contributed by atoms with E-state index in [1.807, 2.05) is 12.1 Å². The average molecular weight is 345 g/mol. The van der Waals surface area contributed by atoms with Crippen molar-refractivity contribution in [1.82, 2.24) is 10.2 Å². The van der Waals surface area contributed by atoms with Crippen molar-refractivity contribution in [1.29, 1.82) is 0 Å². The van der Waals surface area contributed by atoms with Gasteiger partial charge in [0.1, 0.15) is 0 Å². The van der Waals surface area contributed by atoms with Gasteiger partial charge in [0, 0.05) is 29.2 Å². The van der Waals surface area contributed by atoms with Crippen molar-refractivity contribution < 1.29 is 4.79 Å². The highest BCUT2D eigenvalue weighted by molar-refractivity contribution is 5.94. The minimum Gasteiger partial charge on any atom is -0.336 e. The molecule has 1 aliphatic rings. The van der Waals surface area contributed by atoms with E-state index in [-0.39, 0.29) is 23.0 Å². The van der Waals surface area contributed by atoms with Gasteiger partial charge in [-0.25, -0.2) is 0 Å². The molecule has 1 aromatic rings. The standard InChI is InChI=1S/C22H36N2O/c1-8-9-12-24(19-14-21(4,5)23-22(6,7)15-19)20(25)18-11-10-16(2)17(3)13-18/h10-11,13,19,23H,8-9,12,14-15H2,1-7H3. The SMILES string of the molecule is CCCCN(C(=O)c1ccc(C)c(C)c1)C1CC(C)(C)NC(C)(C)C1. The van der Waals surface area contributed by atoms with Crippen molar-refractivity contribution in [3.8, 4) is 0 Å². The lowest BCUT2D eigenvalue weighted by molar-refractivity contribution is 0.0441. The van der Waals surface area contributed by atoms with Crippen LogP contribution in [0, 0.1) is 13.8 Å². The van der Waals surface area contributed by atoms with Crippen LogP contribution in [0.25, 0.3) is 0 Å². The normalized spacial score (nSPS) is 19.6. The fourth-order valence-corrected chi connectivity index (χ4v) is 4.31. The Kier molecular flexibility index (Phi) is 5.98. The molecule has 0 atom stereocenters. The van der Waals surface area contributed by atoms with Gasteiger partial charge in [-0.1, -0.05) is 19.4 Å². The Balaban J connectivity index is 2.31. The second-order valence-corrected chi connectivity index (χ2v) is 9.11. The molecule has 1 heterocycles. The van der Waals surface area contributed by atoms with Crippen molar-refractivity contribution >= 4 is 5.91 Å². The van der Waals surface area contributed by atoms with Gasteiger partial charge >= 0.3 is 0 Å². The smallest absolute Gasteiger partial charge is 0.254 e. The van der Waals surface area contributed by atoms with Crippen molar-refractivity contribution in [3.05, 3.63) is 34.9 Å². The average Bonchev–Trinajstić information content (AvgIpc) is 2.47. The van der Waals surface area contributed by atoms with Gasteiger partial charge in [0.05, 0.1) is 0 Å². The summed E-state index contributed by atoms with van der Waals surface area (Å²) >= 11 is 0. The third-order valence-corrected chi connectivity index (χ3v) is 5.38. The number of amides is 1. The first kappa shape index (κ1) is 20.0. The summed E-state index contributed by atoms with van der Waals surface area (Å²) in [6.45, 7) is 16.2. The monoisotopic (exact) mass is 344 g/mol. The number of carbonyl (C=O) groups excluding carboxylic acids is 1. The number of hydrogen-bond donors (Lipinski definition) is 1. The summed E-state index contributed by atoms with van der Waals surface area (Å²) in [4.78, 5) is 15.5. The first-order valence-corrected chi connectivity index (χ1v) is 9.72. The molecular weight excluding hydrogens is 308 g/mol. The zero-order valence-corrected chi connectivity index (χ0v) is 17.2. The van der Waals surface area contributed by atoms with E-state index in [0.717, 1.165) is 37.8 Å². The van der Waals surface area contributed by atoms with Crippen LogP contribution in [0.2, 0.25) is 0 Å². The molecule has 0 aromatic heterocycles. The molecule has 2 rings (SSSR count). The van der Waals surface area contributed by atoms with Crippen LogP contribution in [0.5, 0.6) is 0 Å². The zero-order chi connectivity index (χ0) is 18.8. The lowest BCUT2D eigenvalue weighted by atomic mass is 9.78. The second-order valence-electron chi connectivity index (χ2n) is 9.11. The Morgan fingerprint density at radius 3 is 2.24 bits per heavy atom. The number of nitrogens with one attached hydrogen (secondary N) is 1. The highest BCUT2D eigenvalue weighted by Crippen LogP contribution is 2.32. The second kappa shape index (κ2) is 7.49. The third kappa shape index (κ3) is 5.07. The van der Waals surface area contributed by atoms with Crippen LogP contribution < -0.4 is 5.32 Å². The number of hydrogen-bond acceptors (Lipinski definition) is 2. The van der Waals surface area contributed by atoms with Gasteiger partial charge in [-0.3, -0.25) is 4.79 Å². The number of nitrogens with zero attached hydrogens (tertiary/aromatic N) is 1. The van der Waals surface area contributed by atoms with Gasteiger partial charge in [-0.2, -0.15) is 0 Å². The van der Waals surface area contributed by atoms with Gasteiger partial charge in [-0.05, 0) is 84.1 Å². The quantitative estimate of drug-likeness (QED) is 0.827. The maximum Gasteiger partial charge on any atom is 0.254 e. The Morgan fingerprint density at radius 2 is 1.72 bits per heavy atom. The lowest BCUT2D eigenvalue weighted by Crippen LogP contribution is -2.62. The summed E-state index contributed by atoms with van der Waals surface area (Å²) < 4.78 is 0. The first-order chi connectivity index (χ1) is 11.5. The van der Waals surface area contributed by atoms with Gasteiger partial charge in [0.25, 0.3) is 5.91 Å². The minimum absolute atomic E-state index is 0.0420. The number of unbranched alkanes of at least 4 members (excludes halogenated alkanes) is 1. The van der Waals surface area contributed by atoms with E-state index in [1.54, 1.807) is 0 Å². The Bertz CT molecular complexity index is 602. The van der Waals surface area contributed by atoms with Gasteiger partial charge in [-0.15, -0.1) is 0 Å². The number of carbonyl (C=O) groups is 1. The van der Waals surface area contributed by atoms with E-state index in [2.05, 4.69) is 64.7 Å². The maximum absolute atomic E-state index is 13.3. The van der Waals surface area contributed by atoms with E-state index < -0.39 is 0 Å². The van der Waals surface area contributed by atoms with Crippen LogP contribution in [0.15, 0.2) is 18.2 Å². The molecule has 1 aromatic carbocycles. The third-order valence-electron chi connectivity index (χ3n) is 5.38. The minimum atomic E-state index is 0.0420. The van der Waals surface area contributed by atoms with Crippen LogP contribution in [0.3, 0.4) is 0 Å². The number of piperidine rings is 1. The predicted molar refractivity (Wildman–Crippen MR) is 106 cm³/mol. The molecule has 1 aliphatic heterocycles. The molecule has 140 valence electrons. The topological polar surface area (TPSA) is 32.3 Å². The number of rotatable bonds is 5. The molecule has 0 saturated carbocycles. The molecule has 25 heavy (non-hydrogen) atoms. The Labute approximate surface area is 154 Å². The van der Waals surface area contributed by atoms with Crippen LogP contribution in [-0.2, 0) is 0 Å². The van der Waals surface area contributed by atoms with E-state index in [9.17, 15) is 4.79 Å². The van der Waals surface area contributed by atoms with Crippen molar-refractivity contribution in [2.75, 3.05) is 6.54 Å². The Hall–Kier alpha value is -1.35. The summed E-state index contributed by atoms with van der Waals surface area (Å²) in [5.74, 6) is 0.190. The van der Waals surface area contributed by atoms with E-state index in [1.165, 1.54) is 11.1 Å². The van der Waals surface area contributed by atoms with Gasteiger partial charge < -0.3 is 10.2 Å². The lowest BCUT2D eigenvalue weighted by Gasteiger charge is -2.49. The molecule has 3 heteroatoms. The highest BCUT2D eigenvalue weighted by atomic mass is 16.2. The zero-order valence-electron chi connectivity index (χ0n) is 17.2. The largest absolute Gasteiger partial charge is 0.336 e. The van der Waals surface area contributed by atoms with Crippen LogP contribution >= 0.6 is 0 Å². The van der Waals surface area contributed by atoms with Crippen molar-refractivity contribution in [2.24, 2.45) is 0 Å². The summed E-state index contributed by atoms with van der Waals surface area (Å²) in [7, 11) is 0. The van der Waals surface area contributed by atoms with Gasteiger partial charge in [0.2, 0.25) is 0 Å². The van der Waals surface area contributed by atoms with E-state index in [4.69, 9.17) is 0 Å². The fraction of sp³-hybridized carbons (Fsp3) is 0.682. The summed E-state index contributed by atoms with van der Waals surface area (Å²) in [6, 6.07) is 6.39. The fourth-order valence-electron chi connectivity index (χ4n) is 4.31. The maximum atomic E-state index is 13.3. The summed E-state index contributed by atoms with van der Waals surface area (Å²) in [5, 5.41) is 3.73. The highest BCUT2D eigenvalue weighted by Gasteiger charge is 2.41. The molecular formula is C22H36N2O. The molecule has 0 aliphatic carbocycles. The van der Waals surface area contributed by atoms with Crippen LogP contribution in [-0.4, -0.2) is 34.5 Å². The molecule has 0 bridgehead atoms. The summed E-state index contributed by atoms with van der Waals surface area (Å²) in [5.41, 5.74) is 3.34. The molecule has 1 fully saturated rings. The van der Waals surface area contributed by atoms with Crippen molar-refractivity contribution in [3.63, 3.8) is 0 Å². The predicted octanol–water partition coefficient (Wildman–Crippen LogP) is 4.85. The summed E-state index contributed by atoms with van der Waals surface area (Å²) in [6.07, 6.45) is 4.16. The Morgan fingerprint density at radius 1 is 1.12 bits per heavy atom.